The fourth-order valence-corrected chi connectivity index (χ4v) is 1.68. The van der Waals surface area contributed by atoms with Crippen LogP contribution in [0.4, 0.5) is 5.95 Å². The SMILES string of the molecule is c1cnn(CCn2ccnc2NC2CC2)c1. The number of hydrogen-bond acceptors (Lipinski definition) is 3. The molecule has 5 nitrogen and oxygen atoms in total. The molecule has 0 unspecified atom stereocenters. The van der Waals surface area contributed by atoms with Crippen molar-refractivity contribution in [3.63, 3.8) is 0 Å². The first-order chi connectivity index (χ1) is 7.92. The molecule has 0 atom stereocenters. The quantitative estimate of drug-likeness (QED) is 0.822. The average Bonchev–Trinajstić information content (AvgIpc) is 2.80. The summed E-state index contributed by atoms with van der Waals surface area (Å²) < 4.78 is 4.07. The molecule has 16 heavy (non-hydrogen) atoms. The average molecular weight is 217 g/mol. The Kier molecular flexibility index (Phi) is 2.36. The Morgan fingerprint density at radius 2 is 2.19 bits per heavy atom. The van der Waals surface area contributed by atoms with Crippen molar-refractivity contribution >= 4 is 5.95 Å². The summed E-state index contributed by atoms with van der Waals surface area (Å²) in [6.07, 6.45) is 10.2. The van der Waals surface area contributed by atoms with Crippen LogP contribution in [0.1, 0.15) is 12.8 Å². The van der Waals surface area contributed by atoms with Crippen LogP contribution < -0.4 is 5.32 Å². The minimum absolute atomic E-state index is 0.644. The largest absolute Gasteiger partial charge is 0.353 e. The van der Waals surface area contributed by atoms with Gasteiger partial charge in [0.1, 0.15) is 0 Å². The second-order valence-corrected chi connectivity index (χ2v) is 4.13. The lowest BCUT2D eigenvalue weighted by Crippen LogP contribution is -2.12. The molecule has 1 fully saturated rings. The van der Waals surface area contributed by atoms with Crippen LogP contribution in [0.15, 0.2) is 30.9 Å². The van der Waals surface area contributed by atoms with Crippen LogP contribution in [0, 0.1) is 0 Å². The van der Waals surface area contributed by atoms with Crippen molar-refractivity contribution in [3.8, 4) is 0 Å². The highest BCUT2D eigenvalue weighted by Gasteiger charge is 2.22. The molecule has 0 aromatic carbocycles. The van der Waals surface area contributed by atoms with Crippen LogP contribution in [0.3, 0.4) is 0 Å². The topological polar surface area (TPSA) is 47.7 Å². The molecule has 1 aliphatic carbocycles. The molecule has 0 bridgehead atoms. The predicted molar refractivity (Wildman–Crippen MR) is 61.1 cm³/mol. The maximum atomic E-state index is 4.32. The third-order valence-electron chi connectivity index (χ3n) is 2.76. The fourth-order valence-electron chi connectivity index (χ4n) is 1.68. The van der Waals surface area contributed by atoms with Crippen molar-refractivity contribution in [1.29, 1.82) is 0 Å². The normalized spacial score (nSPS) is 15.2. The zero-order valence-corrected chi connectivity index (χ0v) is 9.08. The Hall–Kier alpha value is -1.78. The number of imidazole rings is 1. The zero-order valence-electron chi connectivity index (χ0n) is 9.08. The molecule has 2 aromatic heterocycles. The van der Waals surface area contributed by atoms with Gasteiger partial charge < -0.3 is 9.88 Å². The van der Waals surface area contributed by atoms with Crippen molar-refractivity contribution in [2.24, 2.45) is 0 Å². The van der Waals surface area contributed by atoms with E-state index in [2.05, 4.69) is 20.0 Å². The van der Waals surface area contributed by atoms with E-state index in [4.69, 9.17) is 0 Å². The van der Waals surface area contributed by atoms with Gasteiger partial charge in [0.05, 0.1) is 6.54 Å². The summed E-state index contributed by atoms with van der Waals surface area (Å²) in [7, 11) is 0. The number of aromatic nitrogens is 4. The van der Waals surface area contributed by atoms with E-state index in [9.17, 15) is 0 Å². The first-order valence-corrected chi connectivity index (χ1v) is 5.67. The molecule has 0 saturated heterocycles. The van der Waals surface area contributed by atoms with E-state index in [0.29, 0.717) is 6.04 Å². The standard InChI is InChI=1S/C11H15N5/c1-4-13-16(6-1)9-8-15-7-5-12-11(15)14-10-2-3-10/h1,4-7,10H,2-3,8-9H2,(H,12,14). The van der Waals surface area contributed by atoms with E-state index in [1.54, 1.807) is 6.20 Å². The van der Waals surface area contributed by atoms with Gasteiger partial charge in [-0.25, -0.2) is 4.98 Å². The van der Waals surface area contributed by atoms with Crippen LogP contribution in [0.25, 0.3) is 0 Å². The zero-order chi connectivity index (χ0) is 10.8. The number of rotatable bonds is 5. The number of hydrogen-bond donors (Lipinski definition) is 1. The molecule has 0 spiro atoms. The van der Waals surface area contributed by atoms with Crippen LogP contribution in [-0.2, 0) is 13.1 Å². The molecule has 0 radical (unpaired) electrons. The molecule has 0 aliphatic heterocycles. The van der Waals surface area contributed by atoms with Gasteiger partial charge in [0.2, 0.25) is 5.95 Å². The van der Waals surface area contributed by atoms with Crippen molar-refractivity contribution in [3.05, 3.63) is 30.9 Å². The van der Waals surface area contributed by atoms with Gasteiger partial charge in [0.15, 0.2) is 0 Å². The minimum atomic E-state index is 0.644. The monoisotopic (exact) mass is 217 g/mol. The second-order valence-electron chi connectivity index (χ2n) is 4.13. The summed E-state index contributed by atoms with van der Waals surface area (Å²) >= 11 is 0. The van der Waals surface area contributed by atoms with Gasteiger partial charge in [0, 0.05) is 37.4 Å². The van der Waals surface area contributed by atoms with Crippen LogP contribution >= 0.6 is 0 Å². The van der Waals surface area contributed by atoms with Gasteiger partial charge in [-0.1, -0.05) is 0 Å². The molecule has 1 saturated carbocycles. The van der Waals surface area contributed by atoms with E-state index >= 15 is 0 Å². The molecular formula is C11H15N5. The van der Waals surface area contributed by atoms with E-state index in [1.165, 1.54) is 12.8 Å². The van der Waals surface area contributed by atoms with Crippen LogP contribution in [0.2, 0.25) is 0 Å². The molecule has 2 aromatic rings. The second kappa shape index (κ2) is 4.00. The van der Waals surface area contributed by atoms with Crippen molar-refractivity contribution in [2.75, 3.05) is 5.32 Å². The lowest BCUT2D eigenvalue weighted by Gasteiger charge is -2.08. The van der Waals surface area contributed by atoms with Crippen LogP contribution in [0.5, 0.6) is 0 Å². The first kappa shape index (κ1) is 9.45. The third kappa shape index (κ3) is 2.08. The Balaban J connectivity index is 1.62. The first-order valence-electron chi connectivity index (χ1n) is 5.67. The minimum Gasteiger partial charge on any atom is -0.353 e. The Labute approximate surface area is 94.1 Å². The van der Waals surface area contributed by atoms with Crippen molar-refractivity contribution < 1.29 is 0 Å². The van der Waals surface area contributed by atoms with Crippen molar-refractivity contribution in [1.82, 2.24) is 19.3 Å². The predicted octanol–water partition coefficient (Wildman–Crippen LogP) is 1.35. The number of nitrogens with one attached hydrogen (secondary N) is 1. The Bertz CT molecular complexity index is 441. The molecule has 1 N–H and O–H groups in total. The number of aryl methyl sites for hydroxylation is 2. The van der Waals surface area contributed by atoms with Gasteiger partial charge in [-0.15, -0.1) is 0 Å². The summed E-state index contributed by atoms with van der Waals surface area (Å²) in [5.41, 5.74) is 0. The summed E-state index contributed by atoms with van der Waals surface area (Å²) in [6.45, 7) is 1.78. The summed E-state index contributed by atoms with van der Waals surface area (Å²) in [5, 5.41) is 7.60. The number of anilines is 1. The Morgan fingerprint density at radius 3 is 2.94 bits per heavy atom. The maximum Gasteiger partial charge on any atom is 0.203 e. The Morgan fingerprint density at radius 1 is 1.25 bits per heavy atom. The lowest BCUT2D eigenvalue weighted by atomic mass is 10.6. The molecular weight excluding hydrogens is 202 g/mol. The highest BCUT2D eigenvalue weighted by molar-refractivity contribution is 5.29. The van der Waals surface area contributed by atoms with E-state index in [1.807, 2.05) is 29.3 Å². The van der Waals surface area contributed by atoms with E-state index in [0.717, 1.165) is 19.0 Å². The maximum absolute atomic E-state index is 4.32. The molecule has 3 rings (SSSR count). The van der Waals surface area contributed by atoms with E-state index in [-0.39, 0.29) is 0 Å². The molecule has 0 amide bonds. The van der Waals surface area contributed by atoms with Gasteiger partial charge in [-0.05, 0) is 18.9 Å². The van der Waals surface area contributed by atoms with Gasteiger partial charge in [-0.3, -0.25) is 4.68 Å². The molecule has 5 heteroatoms. The molecule has 2 heterocycles. The fraction of sp³-hybridized carbons (Fsp3) is 0.455. The molecule has 84 valence electrons. The van der Waals surface area contributed by atoms with Gasteiger partial charge in [0.25, 0.3) is 0 Å². The van der Waals surface area contributed by atoms with Gasteiger partial charge in [-0.2, -0.15) is 5.10 Å². The smallest absolute Gasteiger partial charge is 0.203 e. The van der Waals surface area contributed by atoms with Crippen molar-refractivity contribution in [2.45, 2.75) is 32.0 Å². The van der Waals surface area contributed by atoms with E-state index < -0.39 is 0 Å². The van der Waals surface area contributed by atoms with Gasteiger partial charge >= 0.3 is 0 Å². The summed E-state index contributed by atoms with van der Waals surface area (Å²) in [6, 6.07) is 2.59. The van der Waals surface area contributed by atoms with Crippen LogP contribution in [-0.4, -0.2) is 25.4 Å². The highest BCUT2D eigenvalue weighted by Crippen LogP contribution is 2.23. The summed E-state index contributed by atoms with van der Waals surface area (Å²) in [4.78, 5) is 4.32. The highest BCUT2D eigenvalue weighted by atomic mass is 15.3. The lowest BCUT2D eigenvalue weighted by molar-refractivity contribution is 0.536. The third-order valence-corrected chi connectivity index (χ3v) is 2.76. The summed E-state index contributed by atoms with van der Waals surface area (Å²) in [5.74, 6) is 0.981. The number of nitrogens with zero attached hydrogens (tertiary/aromatic N) is 4. The molecule has 1 aliphatic rings.